The van der Waals surface area contributed by atoms with E-state index in [9.17, 15) is 9.18 Å². The summed E-state index contributed by atoms with van der Waals surface area (Å²) < 4.78 is 12.8. The number of rotatable bonds is 1. The summed E-state index contributed by atoms with van der Waals surface area (Å²) in [7, 11) is 0. The van der Waals surface area contributed by atoms with Gasteiger partial charge in [-0.3, -0.25) is 4.79 Å². The van der Waals surface area contributed by atoms with Gasteiger partial charge in [0.15, 0.2) is 0 Å². The Hall–Kier alpha value is -0.660. The SMILES string of the molecule is CC1CC=C(C=O)CC1F. The average molecular weight is 142 g/mol. The van der Waals surface area contributed by atoms with Gasteiger partial charge in [-0.2, -0.15) is 0 Å². The van der Waals surface area contributed by atoms with Crippen LogP contribution in [0.25, 0.3) is 0 Å². The molecule has 2 heteroatoms. The van der Waals surface area contributed by atoms with Crippen LogP contribution in [0.15, 0.2) is 11.6 Å². The van der Waals surface area contributed by atoms with Crippen molar-refractivity contribution in [3.8, 4) is 0 Å². The predicted molar refractivity (Wildman–Crippen MR) is 37.4 cm³/mol. The Labute approximate surface area is 59.9 Å². The van der Waals surface area contributed by atoms with Gasteiger partial charge in [-0.05, 0) is 17.9 Å². The van der Waals surface area contributed by atoms with E-state index >= 15 is 0 Å². The van der Waals surface area contributed by atoms with Crippen molar-refractivity contribution in [2.75, 3.05) is 0 Å². The largest absolute Gasteiger partial charge is 0.298 e. The Morgan fingerprint density at radius 3 is 3.00 bits per heavy atom. The molecule has 0 N–H and O–H groups in total. The van der Waals surface area contributed by atoms with Crippen LogP contribution in [-0.2, 0) is 4.79 Å². The smallest absolute Gasteiger partial charge is 0.145 e. The third kappa shape index (κ3) is 1.43. The van der Waals surface area contributed by atoms with Crippen LogP contribution in [0, 0.1) is 5.92 Å². The van der Waals surface area contributed by atoms with Gasteiger partial charge < -0.3 is 0 Å². The highest BCUT2D eigenvalue weighted by atomic mass is 19.1. The topological polar surface area (TPSA) is 17.1 Å². The number of allylic oxidation sites excluding steroid dienone is 2. The number of aldehydes is 1. The Morgan fingerprint density at radius 1 is 1.80 bits per heavy atom. The van der Waals surface area contributed by atoms with Crippen molar-refractivity contribution >= 4 is 6.29 Å². The number of halogens is 1. The van der Waals surface area contributed by atoms with E-state index in [4.69, 9.17) is 0 Å². The number of hydrogen-bond donors (Lipinski definition) is 0. The summed E-state index contributed by atoms with van der Waals surface area (Å²) in [5.41, 5.74) is 0.616. The van der Waals surface area contributed by atoms with Crippen LogP contribution in [-0.4, -0.2) is 12.5 Å². The first kappa shape index (κ1) is 7.45. The van der Waals surface area contributed by atoms with Crippen LogP contribution in [0.2, 0.25) is 0 Å². The minimum Gasteiger partial charge on any atom is -0.298 e. The molecule has 0 bridgehead atoms. The molecule has 0 aliphatic heterocycles. The quantitative estimate of drug-likeness (QED) is 0.511. The van der Waals surface area contributed by atoms with Crippen LogP contribution in [0.1, 0.15) is 19.8 Å². The van der Waals surface area contributed by atoms with Crippen LogP contribution < -0.4 is 0 Å². The molecule has 0 aromatic heterocycles. The maximum atomic E-state index is 12.8. The molecule has 0 saturated carbocycles. The van der Waals surface area contributed by atoms with Crippen LogP contribution in [0.5, 0.6) is 0 Å². The lowest BCUT2D eigenvalue weighted by Crippen LogP contribution is -2.17. The fourth-order valence-corrected chi connectivity index (χ4v) is 1.09. The molecular formula is C8H11FO. The molecule has 0 aromatic carbocycles. The van der Waals surface area contributed by atoms with Gasteiger partial charge in [0.2, 0.25) is 0 Å². The fraction of sp³-hybridized carbons (Fsp3) is 0.625. The van der Waals surface area contributed by atoms with Gasteiger partial charge in [-0.1, -0.05) is 13.0 Å². The van der Waals surface area contributed by atoms with E-state index in [1.807, 2.05) is 13.0 Å². The molecule has 10 heavy (non-hydrogen) atoms. The number of carbonyl (C=O) groups excluding carboxylic acids is 1. The summed E-state index contributed by atoms with van der Waals surface area (Å²) in [5.74, 6) is 0.0868. The lowest BCUT2D eigenvalue weighted by atomic mass is 9.90. The number of carbonyl (C=O) groups is 1. The lowest BCUT2D eigenvalue weighted by molar-refractivity contribution is -0.105. The summed E-state index contributed by atoms with van der Waals surface area (Å²) in [6.07, 6.45) is 2.77. The summed E-state index contributed by atoms with van der Waals surface area (Å²) in [4.78, 5) is 10.2. The monoisotopic (exact) mass is 142 g/mol. The van der Waals surface area contributed by atoms with Crippen LogP contribution in [0.4, 0.5) is 4.39 Å². The molecular weight excluding hydrogens is 131 g/mol. The highest BCUT2D eigenvalue weighted by molar-refractivity contribution is 5.73. The van der Waals surface area contributed by atoms with Crippen molar-refractivity contribution < 1.29 is 9.18 Å². The standard InChI is InChI=1S/C8H11FO/c1-6-2-3-7(5-10)4-8(6)9/h3,5-6,8H,2,4H2,1H3. The van der Waals surface area contributed by atoms with E-state index in [1.54, 1.807) is 0 Å². The highest BCUT2D eigenvalue weighted by Gasteiger charge is 2.20. The molecule has 1 nitrogen and oxygen atoms in total. The zero-order chi connectivity index (χ0) is 7.56. The second-order valence-electron chi connectivity index (χ2n) is 2.83. The van der Waals surface area contributed by atoms with E-state index in [1.165, 1.54) is 0 Å². The molecule has 2 atom stereocenters. The Kier molecular flexibility index (Phi) is 2.20. The minimum atomic E-state index is -0.815. The van der Waals surface area contributed by atoms with Crippen molar-refractivity contribution in [2.45, 2.75) is 25.9 Å². The molecule has 2 unspecified atom stereocenters. The molecule has 0 heterocycles. The number of alkyl halides is 1. The first-order valence-electron chi connectivity index (χ1n) is 3.52. The summed E-state index contributed by atoms with van der Waals surface area (Å²) >= 11 is 0. The second-order valence-corrected chi connectivity index (χ2v) is 2.83. The van der Waals surface area contributed by atoms with Gasteiger partial charge in [0.05, 0.1) is 0 Å². The van der Waals surface area contributed by atoms with Gasteiger partial charge in [-0.25, -0.2) is 4.39 Å². The van der Waals surface area contributed by atoms with E-state index in [-0.39, 0.29) is 5.92 Å². The Balaban J connectivity index is 2.60. The maximum Gasteiger partial charge on any atom is 0.145 e. The summed E-state index contributed by atoms with van der Waals surface area (Å²) in [6.45, 7) is 1.86. The van der Waals surface area contributed by atoms with Crippen molar-refractivity contribution in [2.24, 2.45) is 5.92 Å². The highest BCUT2D eigenvalue weighted by Crippen LogP contribution is 2.24. The van der Waals surface area contributed by atoms with E-state index in [0.717, 1.165) is 6.29 Å². The average Bonchev–Trinajstić information content (AvgIpc) is 1.95. The van der Waals surface area contributed by atoms with Crippen molar-refractivity contribution in [1.82, 2.24) is 0 Å². The summed E-state index contributed by atoms with van der Waals surface area (Å²) in [5, 5.41) is 0. The number of hydrogen-bond acceptors (Lipinski definition) is 1. The van der Waals surface area contributed by atoms with Crippen molar-refractivity contribution in [1.29, 1.82) is 0 Å². The van der Waals surface area contributed by atoms with E-state index in [2.05, 4.69) is 0 Å². The molecule has 0 spiro atoms. The van der Waals surface area contributed by atoms with Gasteiger partial charge >= 0.3 is 0 Å². The molecule has 1 aliphatic carbocycles. The van der Waals surface area contributed by atoms with Crippen molar-refractivity contribution in [3.63, 3.8) is 0 Å². The molecule has 0 amide bonds. The third-order valence-corrected chi connectivity index (χ3v) is 1.95. The van der Waals surface area contributed by atoms with Crippen LogP contribution in [0.3, 0.4) is 0 Å². The third-order valence-electron chi connectivity index (χ3n) is 1.95. The second kappa shape index (κ2) is 2.95. The first-order valence-corrected chi connectivity index (χ1v) is 3.52. The lowest BCUT2D eigenvalue weighted by Gasteiger charge is -2.19. The zero-order valence-corrected chi connectivity index (χ0v) is 6.01. The van der Waals surface area contributed by atoms with Gasteiger partial charge in [0.1, 0.15) is 12.5 Å². The molecule has 0 fully saturated rings. The maximum absolute atomic E-state index is 12.8. The van der Waals surface area contributed by atoms with Gasteiger partial charge in [0, 0.05) is 6.42 Å². The van der Waals surface area contributed by atoms with Gasteiger partial charge in [0.25, 0.3) is 0 Å². The Morgan fingerprint density at radius 2 is 2.50 bits per heavy atom. The van der Waals surface area contributed by atoms with E-state index in [0.29, 0.717) is 18.4 Å². The molecule has 1 rings (SSSR count). The van der Waals surface area contributed by atoms with Gasteiger partial charge in [-0.15, -0.1) is 0 Å². The van der Waals surface area contributed by atoms with E-state index < -0.39 is 6.17 Å². The molecule has 0 radical (unpaired) electrons. The normalized spacial score (nSPS) is 33.2. The first-order chi connectivity index (χ1) is 4.74. The molecule has 0 aromatic rings. The molecule has 0 saturated heterocycles. The Bertz CT molecular complexity index is 163. The predicted octanol–water partition coefficient (Wildman–Crippen LogP) is 1.88. The summed E-state index contributed by atoms with van der Waals surface area (Å²) in [6, 6.07) is 0. The fourth-order valence-electron chi connectivity index (χ4n) is 1.09. The molecule has 56 valence electrons. The molecule has 1 aliphatic rings. The zero-order valence-electron chi connectivity index (χ0n) is 6.01. The minimum absolute atomic E-state index is 0.0868. The van der Waals surface area contributed by atoms with Crippen LogP contribution >= 0.6 is 0 Å². The van der Waals surface area contributed by atoms with Crippen molar-refractivity contribution in [3.05, 3.63) is 11.6 Å².